The molecule has 0 aliphatic rings. The Kier molecular flexibility index (Phi) is 12.8. The van der Waals surface area contributed by atoms with Gasteiger partial charge in [-0.05, 0) is 46.6 Å². The summed E-state index contributed by atoms with van der Waals surface area (Å²) in [6.07, 6.45) is 0.645. The van der Waals surface area contributed by atoms with Gasteiger partial charge in [0.2, 0.25) is 0 Å². The summed E-state index contributed by atoms with van der Waals surface area (Å²) in [6, 6.07) is 0. The van der Waals surface area contributed by atoms with Crippen molar-refractivity contribution in [2.24, 2.45) is 5.92 Å². The van der Waals surface area contributed by atoms with E-state index in [-0.39, 0.29) is 29.1 Å². The van der Waals surface area contributed by atoms with Crippen molar-refractivity contribution in [3.8, 4) is 0 Å². The van der Waals surface area contributed by atoms with Gasteiger partial charge in [-0.15, -0.1) is 0 Å². The van der Waals surface area contributed by atoms with Gasteiger partial charge in [-0.3, -0.25) is 14.4 Å². The third kappa shape index (κ3) is 7.76. The lowest BCUT2D eigenvalue weighted by atomic mass is 9.83. The van der Waals surface area contributed by atoms with Crippen molar-refractivity contribution in [2.75, 3.05) is 0 Å². The van der Waals surface area contributed by atoms with E-state index in [9.17, 15) is 24.6 Å². The van der Waals surface area contributed by atoms with Crippen molar-refractivity contribution in [3.63, 3.8) is 0 Å². The van der Waals surface area contributed by atoms with E-state index in [1.807, 2.05) is 47.6 Å². The van der Waals surface area contributed by atoms with Gasteiger partial charge < -0.3 is 23.8 Å². The molecule has 240 valence electrons. The lowest BCUT2D eigenvalue weighted by Gasteiger charge is -2.33. The zero-order valence-electron chi connectivity index (χ0n) is 28.1. The average Bonchev–Trinajstić information content (AvgIpc) is 2.99. The first kappa shape index (κ1) is 36.2. The van der Waals surface area contributed by atoms with Crippen molar-refractivity contribution < 1.29 is 28.6 Å². The summed E-state index contributed by atoms with van der Waals surface area (Å²) in [6.45, 7) is 21.6. The standard InChI is InChI=1S/C35H52O8/c1-13-26(36)19(6)33-24(11)31(40)22(9)32(43-33)18(5)16-17(4)29(38)21(8)35(42-28(37)15-3)25(12)34-23(10)30(39)20(7)27(14-2)41-34/h16,18-19,21,25-26,29,35-36,38H,13-15H2,1-12H3/b17-16+/t18-,19+,21-,25+,26+,29-,35-/m1/s1. The number of aliphatic hydroxyl groups is 2. The molecule has 0 spiro atoms. The fourth-order valence-electron chi connectivity index (χ4n) is 5.96. The molecule has 0 unspecified atom stereocenters. The third-order valence-electron chi connectivity index (χ3n) is 8.94. The molecule has 2 heterocycles. The van der Waals surface area contributed by atoms with Crippen LogP contribution in [0.3, 0.4) is 0 Å². The molecule has 0 amide bonds. The molecule has 2 aromatic heterocycles. The van der Waals surface area contributed by atoms with Gasteiger partial charge in [0.15, 0.2) is 10.9 Å². The summed E-state index contributed by atoms with van der Waals surface area (Å²) in [5.74, 6) is -0.217. The minimum Gasteiger partial charge on any atom is -0.465 e. The van der Waals surface area contributed by atoms with Gasteiger partial charge in [-0.1, -0.05) is 54.5 Å². The van der Waals surface area contributed by atoms with Crippen LogP contribution in [0, 0.1) is 33.6 Å². The number of ether oxygens (including phenoxy) is 1. The van der Waals surface area contributed by atoms with E-state index in [0.29, 0.717) is 63.7 Å². The number of aliphatic hydroxyl groups excluding tert-OH is 2. The molecule has 0 fully saturated rings. The molecule has 2 rings (SSSR count). The molecular formula is C35H52O8. The molecule has 8 heteroatoms. The molecule has 0 aliphatic heterocycles. The van der Waals surface area contributed by atoms with Crippen LogP contribution in [-0.2, 0) is 16.0 Å². The maximum Gasteiger partial charge on any atom is 0.305 e. The van der Waals surface area contributed by atoms with Crippen LogP contribution >= 0.6 is 0 Å². The van der Waals surface area contributed by atoms with E-state index in [4.69, 9.17) is 13.6 Å². The zero-order chi connectivity index (χ0) is 32.9. The predicted molar refractivity (Wildman–Crippen MR) is 169 cm³/mol. The van der Waals surface area contributed by atoms with Gasteiger partial charge in [0, 0.05) is 52.8 Å². The number of allylic oxidation sites excluding steroid dienone is 1. The molecule has 43 heavy (non-hydrogen) atoms. The predicted octanol–water partition coefficient (Wildman–Crippen LogP) is 6.44. The second-order valence-corrected chi connectivity index (χ2v) is 12.1. The van der Waals surface area contributed by atoms with Crippen LogP contribution in [0.15, 0.2) is 30.1 Å². The van der Waals surface area contributed by atoms with Crippen LogP contribution in [0.25, 0.3) is 0 Å². The van der Waals surface area contributed by atoms with Crippen LogP contribution in [0.1, 0.15) is 131 Å². The van der Waals surface area contributed by atoms with Crippen molar-refractivity contribution >= 4 is 5.97 Å². The second kappa shape index (κ2) is 15.2. The lowest BCUT2D eigenvalue weighted by Crippen LogP contribution is -2.38. The Morgan fingerprint density at radius 3 is 1.84 bits per heavy atom. The van der Waals surface area contributed by atoms with Crippen LogP contribution in [0.4, 0.5) is 0 Å². The Morgan fingerprint density at radius 1 is 0.814 bits per heavy atom. The Balaban J connectivity index is 2.52. The Bertz CT molecular complexity index is 1430. The van der Waals surface area contributed by atoms with E-state index < -0.39 is 36.1 Å². The molecule has 0 radical (unpaired) electrons. The largest absolute Gasteiger partial charge is 0.465 e. The molecule has 8 nitrogen and oxygen atoms in total. The second-order valence-electron chi connectivity index (χ2n) is 12.1. The summed E-state index contributed by atoms with van der Waals surface area (Å²) >= 11 is 0. The van der Waals surface area contributed by atoms with E-state index in [0.717, 1.165) is 0 Å². The topological polar surface area (TPSA) is 127 Å². The molecule has 0 saturated carbocycles. The van der Waals surface area contributed by atoms with Gasteiger partial charge in [0.1, 0.15) is 29.1 Å². The van der Waals surface area contributed by atoms with E-state index in [1.54, 1.807) is 41.5 Å². The van der Waals surface area contributed by atoms with E-state index in [2.05, 4.69) is 0 Å². The summed E-state index contributed by atoms with van der Waals surface area (Å²) in [5.41, 5.74) is 2.40. The smallest absolute Gasteiger partial charge is 0.305 e. The molecule has 0 aliphatic carbocycles. The third-order valence-corrected chi connectivity index (χ3v) is 8.94. The van der Waals surface area contributed by atoms with Gasteiger partial charge in [-0.2, -0.15) is 0 Å². The number of carbonyl (C=O) groups excluding carboxylic acids is 1. The number of rotatable bonds is 13. The Morgan fingerprint density at radius 2 is 1.33 bits per heavy atom. The van der Waals surface area contributed by atoms with Crippen molar-refractivity contribution in [2.45, 2.75) is 138 Å². The van der Waals surface area contributed by atoms with Crippen LogP contribution < -0.4 is 10.9 Å². The average molecular weight is 601 g/mol. The van der Waals surface area contributed by atoms with Gasteiger partial charge in [-0.25, -0.2) is 0 Å². The number of carbonyl (C=O) groups is 1. The highest BCUT2D eigenvalue weighted by atomic mass is 16.5. The molecule has 7 atom stereocenters. The van der Waals surface area contributed by atoms with Crippen molar-refractivity contribution in [1.29, 1.82) is 0 Å². The molecule has 2 aromatic rings. The van der Waals surface area contributed by atoms with Gasteiger partial charge in [0.25, 0.3) is 0 Å². The molecule has 0 bridgehead atoms. The van der Waals surface area contributed by atoms with E-state index in [1.165, 1.54) is 0 Å². The van der Waals surface area contributed by atoms with Crippen LogP contribution in [0.2, 0.25) is 0 Å². The quantitative estimate of drug-likeness (QED) is 0.199. The highest BCUT2D eigenvalue weighted by Gasteiger charge is 2.36. The molecule has 0 saturated heterocycles. The summed E-state index contributed by atoms with van der Waals surface area (Å²) in [5, 5.41) is 22.0. The first-order chi connectivity index (χ1) is 20.0. The monoisotopic (exact) mass is 600 g/mol. The first-order valence-corrected chi connectivity index (χ1v) is 15.5. The minimum absolute atomic E-state index is 0.0984. The van der Waals surface area contributed by atoms with Crippen molar-refractivity contribution in [3.05, 3.63) is 77.4 Å². The van der Waals surface area contributed by atoms with Crippen LogP contribution in [0.5, 0.6) is 0 Å². The Labute approximate surface area is 256 Å². The normalized spacial score (nSPS) is 17.1. The number of esters is 1. The number of aryl methyl sites for hydroxylation is 1. The fourth-order valence-corrected chi connectivity index (χ4v) is 5.96. The van der Waals surface area contributed by atoms with Gasteiger partial charge in [0.05, 0.1) is 18.1 Å². The summed E-state index contributed by atoms with van der Waals surface area (Å²) in [7, 11) is 0. The first-order valence-electron chi connectivity index (χ1n) is 15.5. The van der Waals surface area contributed by atoms with E-state index >= 15 is 0 Å². The SMILES string of the molecule is CCC(=O)O[C@H]([C@H](C)[C@H](O)/C(C)=C/[C@@H](C)c1oc([C@@H](C)[C@@H](O)CC)c(C)c(=O)c1C)[C@@H](C)c1oc(CC)c(C)c(=O)c1C. The maximum atomic E-state index is 13.1. The highest BCUT2D eigenvalue weighted by molar-refractivity contribution is 5.69. The molecular weight excluding hydrogens is 548 g/mol. The Hall–Kier alpha value is -2.97. The summed E-state index contributed by atoms with van der Waals surface area (Å²) < 4.78 is 18.3. The van der Waals surface area contributed by atoms with Gasteiger partial charge >= 0.3 is 5.97 Å². The molecule has 0 aromatic carbocycles. The number of hydrogen-bond donors (Lipinski definition) is 2. The fraction of sp³-hybridized carbons (Fsp3) is 0.629. The minimum atomic E-state index is -1.01. The maximum absolute atomic E-state index is 13.1. The highest BCUT2D eigenvalue weighted by Crippen LogP contribution is 2.34. The number of hydrogen-bond acceptors (Lipinski definition) is 8. The van der Waals surface area contributed by atoms with Crippen molar-refractivity contribution in [1.82, 2.24) is 0 Å². The zero-order valence-corrected chi connectivity index (χ0v) is 28.1. The summed E-state index contributed by atoms with van der Waals surface area (Å²) in [4.78, 5) is 38.6. The lowest BCUT2D eigenvalue weighted by molar-refractivity contribution is -0.154. The van der Waals surface area contributed by atoms with Crippen LogP contribution in [-0.4, -0.2) is 34.5 Å². The molecule has 2 N–H and O–H groups in total.